The van der Waals surface area contributed by atoms with Crippen molar-refractivity contribution >= 4 is 11.9 Å². The third-order valence-electron chi connectivity index (χ3n) is 2.42. The fourth-order valence-electron chi connectivity index (χ4n) is 1.23. The third kappa shape index (κ3) is 7.60. The van der Waals surface area contributed by atoms with Crippen LogP contribution in [0.4, 0.5) is 0 Å². The van der Waals surface area contributed by atoms with Gasteiger partial charge in [-0.25, -0.2) is 0 Å². The molecule has 1 unspecified atom stereocenters. The van der Waals surface area contributed by atoms with E-state index in [1.54, 1.807) is 7.05 Å². The highest BCUT2D eigenvalue weighted by Gasteiger charge is 2.13. The average Bonchev–Trinajstić information content (AvgIpc) is 2.31. The van der Waals surface area contributed by atoms with Crippen molar-refractivity contribution in [2.75, 3.05) is 27.2 Å². The average molecular weight is 243 g/mol. The van der Waals surface area contributed by atoms with Crippen molar-refractivity contribution in [2.24, 2.45) is 16.8 Å². The summed E-state index contributed by atoms with van der Waals surface area (Å²) in [4.78, 5) is 15.3. The van der Waals surface area contributed by atoms with Crippen LogP contribution in [0.15, 0.2) is 4.99 Å². The molecule has 0 fully saturated rings. The number of ether oxygens (including phenoxy) is 1. The SMILES string of the molecule is CN=C(NCCC(C)C)NCC(C)C(=O)OC. The van der Waals surface area contributed by atoms with Crippen LogP contribution in [-0.4, -0.2) is 39.2 Å². The molecule has 0 aliphatic heterocycles. The van der Waals surface area contributed by atoms with Crippen LogP contribution in [0.1, 0.15) is 27.2 Å². The number of carbonyl (C=O) groups excluding carboxylic acids is 1. The number of rotatable bonds is 6. The summed E-state index contributed by atoms with van der Waals surface area (Å²) in [5.41, 5.74) is 0. The zero-order valence-electron chi connectivity index (χ0n) is 11.5. The molecular formula is C12H25N3O2. The van der Waals surface area contributed by atoms with Gasteiger partial charge in [0.1, 0.15) is 0 Å². The molecule has 5 heteroatoms. The number of nitrogens with zero attached hydrogens (tertiary/aromatic N) is 1. The first-order valence-corrected chi connectivity index (χ1v) is 6.03. The summed E-state index contributed by atoms with van der Waals surface area (Å²) in [6.45, 7) is 7.58. The first kappa shape index (κ1) is 15.7. The van der Waals surface area contributed by atoms with Crippen molar-refractivity contribution in [3.05, 3.63) is 0 Å². The molecule has 0 aliphatic rings. The number of guanidine groups is 1. The van der Waals surface area contributed by atoms with Gasteiger partial charge in [0.15, 0.2) is 5.96 Å². The molecule has 2 N–H and O–H groups in total. The number of hydrogen-bond donors (Lipinski definition) is 2. The van der Waals surface area contributed by atoms with E-state index < -0.39 is 0 Å². The highest BCUT2D eigenvalue weighted by molar-refractivity contribution is 5.80. The Morgan fingerprint density at radius 3 is 2.41 bits per heavy atom. The molecule has 100 valence electrons. The highest BCUT2D eigenvalue weighted by atomic mass is 16.5. The van der Waals surface area contributed by atoms with Gasteiger partial charge in [-0.05, 0) is 12.3 Å². The van der Waals surface area contributed by atoms with Crippen molar-refractivity contribution in [2.45, 2.75) is 27.2 Å². The molecule has 0 spiro atoms. The lowest BCUT2D eigenvalue weighted by Crippen LogP contribution is -2.41. The zero-order valence-corrected chi connectivity index (χ0v) is 11.5. The van der Waals surface area contributed by atoms with E-state index in [1.165, 1.54) is 7.11 Å². The van der Waals surface area contributed by atoms with Crippen molar-refractivity contribution in [3.63, 3.8) is 0 Å². The maximum absolute atomic E-state index is 11.2. The normalized spacial score (nSPS) is 13.4. The maximum atomic E-state index is 11.2. The second-order valence-corrected chi connectivity index (χ2v) is 4.49. The molecule has 0 radical (unpaired) electrons. The number of carbonyl (C=O) groups is 1. The molecule has 0 amide bonds. The van der Waals surface area contributed by atoms with E-state index in [1.807, 2.05) is 6.92 Å². The van der Waals surface area contributed by atoms with Crippen molar-refractivity contribution in [1.29, 1.82) is 0 Å². The van der Waals surface area contributed by atoms with Crippen LogP contribution in [0, 0.1) is 11.8 Å². The minimum Gasteiger partial charge on any atom is -0.469 e. The van der Waals surface area contributed by atoms with Crippen LogP contribution in [0.25, 0.3) is 0 Å². The van der Waals surface area contributed by atoms with Gasteiger partial charge >= 0.3 is 5.97 Å². The van der Waals surface area contributed by atoms with Gasteiger partial charge in [0.2, 0.25) is 0 Å². The molecule has 0 heterocycles. The quantitative estimate of drug-likeness (QED) is 0.415. The Hall–Kier alpha value is -1.26. The van der Waals surface area contributed by atoms with Crippen molar-refractivity contribution < 1.29 is 9.53 Å². The lowest BCUT2D eigenvalue weighted by molar-refractivity contribution is -0.144. The fraction of sp³-hybridized carbons (Fsp3) is 0.833. The van der Waals surface area contributed by atoms with Gasteiger partial charge in [-0.1, -0.05) is 20.8 Å². The van der Waals surface area contributed by atoms with Crippen LogP contribution >= 0.6 is 0 Å². The first-order chi connectivity index (χ1) is 8.01. The Morgan fingerprint density at radius 2 is 1.94 bits per heavy atom. The molecule has 0 saturated carbocycles. The summed E-state index contributed by atoms with van der Waals surface area (Å²) in [5.74, 6) is 0.995. The van der Waals surface area contributed by atoms with Gasteiger partial charge in [0, 0.05) is 20.1 Å². The van der Waals surface area contributed by atoms with Crippen LogP contribution in [0.2, 0.25) is 0 Å². The Kier molecular flexibility index (Phi) is 8.19. The van der Waals surface area contributed by atoms with Gasteiger partial charge in [-0.15, -0.1) is 0 Å². The lowest BCUT2D eigenvalue weighted by atomic mass is 10.1. The van der Waals surface area contributed by atoms with Gasteiger partial charge in [-0.3, -0.25) is 9.79 Å². The molecule has 0 aliphatic carbocycles. The molecule has 5 nitrogen and oxygen atoms in total. The number of esters is 1. The van der Waals surface area contributed by atoms with Gasteiger partial charge < -0.3 is 15.4 Å². The minimum atomic E-state index is -0.213. The maximum Gasteiger partial charge on any atom is 0.310 e. The Balaban J connectivity index is 3.87. The van der Waals surface area contributed by atoms with E-state index in [4.69, 9.17) is 0 Å². The second-order valence-electron chi connectivity index (χ2n) is 4.49. The molecular weight excluding hydrogens is 218 g/mol. The largest absolute Gasteiger partial charge is 0.469 e. The number of aliphatic imine (C=N–C) groups is 1. The first-order valence-electron chi connectivity index (χ1n) is 6.03. The monoisotopic (exact) mass is 243 g/mol. The summed E-state index contributed by atoms with van der Waals surface area (Å²) in [6, 6.07) is 0. The Bertz CT molecular complexity index is 252. The summed E-state index contributed by atoms with van der Waals surface area (Å²) >= 11 is 0. The van der Waals surface area contributed by atoms with Crippen molar-refractivity contribution in [1.82, 2.24) is 10.6 Å². The second kappa shape index (κ2) is 8.84. The third-order valence-corrected chi connectivity index (χ3v) is 2.42. The van der Waals surface area contributed by atoms with Crippen LogP contribution in [0.3, 0.4) is 0 Å². The van der Waals surface area contributed by atoms with Crippen LogP contribution in [-0.2, 0) is 9.53 Å². The standard InChI is InChI=1S/C12H25N3O2/c1-9(2)6-7-14-12(13-4)15-8-10(3)11(16)17-5/h9-10H,6-8H2,1-5H3,(H2,13,14,15). The molecule has 1 atom stereocenters. The van der Waals surface area contributed by atoms with E-state index in [0.717, 1.165) is 18.9 Å². The topological polar surface area (TPSA) is 62.7 Å². The van der Waals surface area contributed by atoms with E-state index in [-0.39, 0.29) is 11.9 Å². The lowest BCUT2D eigenvalue weighted by Gasteiger charge is -2.15. The molecule has 0 bridgehead atoms. The molecule has 17 heavy (non-hydrogen) atoms. The van der Waals surface area contributed by atoms with Crippen molar-refractivity contribution in [3.8, 4) is 0 Å². The Labute approximate surface area is 104 Å². The van der Waals surface area contributed by atoms with E-state index in [9.17, 15) is 4.79 Å². The van der Waals surface area contributed by atoms with E-state index >= 15 is 0 Å². The molecule has 0 aromatic carbocycles. The van der Waals surface area contributed by atoms with Crippen LogP contribution < -0.4 is 10.6 Å². The molecule has 0 aromatic rings. The number of nitrogens with one attached hydrogen (secondary N) is 2. The predicted octanol–water partition coefficient (Wildman–Crippen LogP) is 1.01. The molecule has 0 saturated heterocycles. The summed E-state index contributed by atoms with van der Waals surface area (Å²) < 4.78 is 4.65. The number of hydrogen-bond acceptors (Lipinski definition) is 3. The van der Waals surface area contributed by atoms with E-state index in [2.05, 4.69) is 34.2 Å². The Morgan fingerprint density at radius 1 is 1.29 bits per heavy atom. The fourth-order valence-corrected chi connectivity index (χ4v) is 1.23. The predicted molar refractivity (Wildman–Crippen MR) is 70.0 cm³/mol. The summed E-state index contributed by atoms with van der Waals surface area (Å²) in [6.07, 6.45) is 1.09. The van der Waals surface area contributed by atoms with E-state index in [0.29, 0.717) is 12.5 Å². The number of methoxy groups -OCH3 is 1. The summed E-state index contributed by atoms with van der Waals surface area (Å²) in [5, 5.41) is 6.30. The molecule has 0 aromatic heterocycles. The smallest absolute Gasteiger partial charge is 0.310 e. The van der Waals surface area contributed by atoms with Gasteiger partial charge in [0.25, 0.3) is 0 Å². The van der Waals surface area contributed by atoms with Gasteiger partial charge in [0.05, 0.1) is 13.0 Å². The summed E-state index contributed by atoms with van der Waals surface area (Å²) in [7, 11) is 3.11. The molecule has 0 rings (SSSR count). The van der Waals surface area contributed by atoms with Crippen LogP contribution in [0.5, 0.6) is 0 Å². The minimum absolute atomic E-state index is 0.177. The zero-order chi connectivity index (χ0) is 13.3. The van der Waals surface area contributed by atoms with Gasteiger partial charge in [-0.2, -0.15) is 0 Å². The highest BCUT2D eigenvalue weighted by Crippen LogP contribution is 1.97.